The van der Waals surface area contributed by atoms with Gasteiger partial charge in [-0.3, -0.25) is 14.5 Å². The van der Waals surface area contributed by atoms with Crippen molar-refractivity contribution in [3.05, 3.63) is 101 Å². The van der Waals surface area contributed by atoms with Gasteiger partial charge in [-0.1, -0.05) is 66.4 Å². The maximum absolute atomic E-state index is 13.7. The average molecular weight is 501 g/mol. The third-order valence-electron chi connectivity index (χ3n) is 6.09. The zero-order chi connectivity index (χ0) is 24.9. The lowest BCUT2D eigenvalue weighted by Gasteiger charge is -2.31. The summed E-state index contributed by atoms with van der Waals surface area (Å²) in [6.45, 7) is 0.538. The van der Waals surface area contributed by atoms with Crippen LogP contribution >= 0.6 is 11.8 Å². The number of nitrogens with one attached hydrogen (secondary N) is 1. The fraction of sp³-hybridized carbons (Fsp3) is 0.214. The van der Waals surface area contributed by atoms with Crippen molar-refractivity contribution in [1.29, 1.82) is 0 Å². The smallest absolute Gasteiger partial charge is 0.270 e. The van der Waals surface area contributed by atoms with Gasteiger partial charge in [0.1, 0.15) is 17.7 Å². The van der Waals surface area contributed by atoms with Crippen molar-refractivity contribution < 1.29 is 14.0 Å². The van der Waals surface area contributed by atoms with Crippen LogP contribution in [0.3, 0.4) is 0 Å². The molecule has 0 saturated carbocycles. The first-order valence-electron chi connectivity index (χ1n) is 11.9. The van der Waals surface area contributed by atoms with Gasteiger partial charge >= 0.3 is 0 Å². The summed E-state index contributed by atoms with van der Waals surface area (Å²) in [5, 5.41) is 3.57. The first kappa shape index (κ1) is 23.9. The second-order valence-electron chi connectivity index (χ2n) is 8.61. The SMILES string of the molecule is O=C(CCC1C(=O)N=C2c3ccccc3N=C(SCc3cccc(F)c3)N21)NCCc1ccccc1. The van der Waals surface area contributed by atoms with Crippen LogP contribution in [-0.2, 0) is 21.8 Å². The summed E-state index contributed by atoms with van der Waals surface area (Å²) >= 11 is 1.43. The first-order chi connectivity index (χ1) is 17.6. The van der Waals surface area contributed by atoms with Gasteiger partial charge < -0.3 is 5.32 Å². The van der Waals surface area contributed by atoms with Gasteiger partial charge in [0.2, 0.25) is 5.91 Å². The Kier molecular flexibility index (Phi) is 7.23. The molecule has 0 saturated heterocycles. The number of benzene rings is 3. The van der Waals surface area contributed by atoms with Crippen molar-refractivity contribution in [3.8, 4) is 0 Å². The molecule has 182 valence electrons. The Morgan fingerprint density at radius 1 is 0.972 bits per heavy atom. The molecule has 2 aliphatic rings. The number of amidine groups is 2. The molecular formula is C28H25FN4O2S. The van der Waals surface area contributed by atoms with Crippen molar-refractivity contribution in [1.82, 2.24) is 10.2 Å². The third-order valence-corrected chi connectivity index (χ3v) is 7.11. The predicted octanol–water partition coefficient (Wildman–Crippen LogP) is 4.86. The summed E-state index contributed by atoms with van der Waals surface area (Å²) in [7, 11) is 0. The Morgan fingerprint density at radius 2 is 1.75 bits per heavy atom. The van der Waals surface area contributed by atoms with E-state index in [4.69, 9.17) is 4.99 Å². The third kappa shape index (κ3) is 5.39. The number of thioether (sulfide) groups is 1. The topological polar surface area (TPSA) is 74.1 Å². The highest BCUT2D eigenvalue weighted by molar-refractivity contribution is 8.13. The van der Waals surface area contributed by atoms with Crippen LogP contribution in [0.15, 0.2) is 88.8 Å². The Balaban J connectivity index is 1.27. The molecule has 36 heavy (non-hydrogen) atoms. The van der Waals surface area contributed by atoms with E-state index in [1.165, 1.54) is 23.9 Å². The summed E-state index contributed by atoms with van der Waals surface area (Å²) in [6, 6.07) is 23.3. The van der Waals surface area contributed by atoms with Crippen LogP contribution in [0.1, 0.15) is 29.5 Å². The maximum atomic E-state index is 13.7. The van der Waals surface area contributed by atoms with Crippen molar-refractivity contribution >= 4 is 40.3 Å². The van der Waals surface area contributed by atoms with Crippen molar-refractivity contribution in [2.45, 2.75) is 31.1 Å². The molecule has 6 nitrogen and oxygen atoms in total. The molecule has 0 radical (unpaired) electrons. The Morgan fingerprint density at radius 3 is 2.58 bits per heavy atom. The van der Waals surface area contributed by atoms with Gasteiger partial charge in [-0.05, 0) is 48.2 Å². The van der Waals surface area contributed by atoms with Gasteiger partial charge in [0.25, 0.3) is 5.91 Å². The highest BCUT2D eigenvalue weighted by atomic mass is 32.2. The number of hydrogen-bond acceptors (Lipinski definition) is 5. The van der Waals surface area contributed by atoms with Crippen LogP contribution in [-0.4, -0.2) is 40.3 Å². The molecular weight excluding hydrogens is 475 g/mol. The van der Waals surface area contributed by atoms with Gasteiger partial charge in [-0.15, -0.1) is 0 Å². The second-order valence-corrected chi connectivity index (χ2v) is 9.56. The van der Waals surface area contributed by atoms with Crippen LogP contribution in [0.4, 0.5) is 10.1 Å². The van der Waals surface area contributed by atoms with Crippen molar-refractivity contribution in [2.75, 3.05) is 6.54 Å². The second kappa shape index (κ2) is 10.9. The molecule has 2 heterocycles. The average Bonchev–Trinajstić information content (AvgIpc) is 3.23. The van der Waals surface area contributed by atoms with Gasteiger partial charge in [0.15, 0.2) is 5.17 Å². The number of carbonyl (C=O) groups excluding carboxylic acids is 2. The summed E-state index contributed by atoms with van der Waals surface area (Å²) in [6.07, 6.45) is 1.28. The maximum Gasteiger partial charge on any atom is 0.270 e. The zero-order valence-corrected chi connectivity index (χ0v) is 20.4. The first-order valence-corrected chi connectivity index (χ1v) is 12.8. The predicted molar refractivity (Wildman–Crippen MR) is 141 cm³/mol. The van der Waals surface area contributed by atoms with Gasteiger partial charge in [-0.2, -0.15) is 4.99 Å². The molecule has 0 aromatic heterocycles. The minimum absolute atomic E-state index is 0.101. The van der Waals surface area contributed by atoms with Crippen LogP contribution in [0.5, 0.6) is 0 Å². The summed E-state index contributed by atoms with van der Waals surface area (Å²) < 4.78 is 13.7. The minimum Gasteiger partial charge on any atom is -0.356 e. The number of para-hydroxylation sites is 1. The Labute approximate surface area is 213 Å². The molecule has 2 aliphatic heterocycles. The lowest BCUT2D eigenvalue weighted by molar-refractivity contribution is -0.122. The minimum atomic E-state index is -0.605. The molecule has 0 aliphatic carbocycles. The van der Waals surface area contributed by atoms with E-state index in [1.54, 1.807) is 6.07 Å². The fourth-order valence-corrected chi connectivity index (χ4v) is 5.29. The fourth-order valence-electron chi connectivity index (χ4n) is 4.30. The van der Waals surface area contributed by atoms with E-state index >= 15 is 0 Å². The van der Waals surface area contributed by atoms with Crippen LogP contribution in [0.2, 0.25) is 0 Å². The molecule has 3 aromatic rings. The van der Waals surface area contributed by atoms with Crippen molar-refractivity contribution in [2.24, 2.45) is 9.98 Å². The standard InChI is InChI=1S/C28H25FN4O2S/c29-21-10-6-9-20(17-21)18-36-28-31-23-12-5-4-11-22(23)26-32-27(35)24(33(26)28)13-14-25(34)30-16-15-19-7-2-1-3-8-19/h1-12,17,24H,13-16,18H2,(H,30,34). The van der Waals surface area contributed by atoms with Crippen LogP contribution in [0.25, 0.3) is 0 Å². The lowest BCUT2D eigenvalue weighted by atomic mass is 10.1. The summed E-state index contributed by atoms with van der Waals surface area (Å²) in [5.41, 5.74) is 3.50. The van der Waals surface area contributed by atoms with Gasteiger partial charge in [-0.25, -0.2) is 9.38 Å². The van der Waals surface area contributed by atoms with Crippen LogP contribution < -0.4 is 5.32 Å². The molecule has 1 unspecified atom stereocenters. The summed E-state index contributed by atoms with van der Waals surface area (Å²) in [5.74, 6) is 0.373. The molecule has 1 N–H and O–H groups in total. The highest BCUT2D eigenvalue weighted by Crippen LogP contribution is 2.36. The number of carbonyl (C=O) groups is 2. The molecule has 3 aromatic carbocycles. The normalized spacial score (nSPS) is 16.2. The van der Waals surface area contributed by atoms with Gasteiger partial charge in [0, 0.05) is 24.3 Å². The molecule has 0 spiro atoms. The van der Waals surface area contributed by atoms with E-state index in [2.05, 4.69) is 10.3 Å². The number of hydrogen-bond donors (Lipinski definition) is 1. The monoisotopic (exact) mass is 500 g/mol. The molecule has 5 rings (SSSR count). The molecule has 0 bridgehead atoms. The van der Waals surface area contributed by atoms with E-state index in [0.29, 0.717) is 29.7 Å². The van der Waals surface area contributed by atoms with E-state index in [0.717, 1.165) is 28.8 Å². The largest absolute Gasteiger partial charge is 0.356 e. The van der Waals surface area contributed by atoms with E-state index < -0.39 is 6.04 Å². The van der Waals surface area contributed by atoms with Crippen molar-refractivity contribution in [3.63, 3.8) is 0 Å². The Hall–Kier alpha value is -3.78. The molecule has 1 atom stereocenters. The van der Waals surface area contributed by atoms with Crippen LogP contribution in [0, 0.1) is 5.82 Å². The van der Waals surface area contributed by atoms with E-state index in [-0.39, 0.29) is 24.1 Å². The number of amides is 2. The Bertz CT molecular complexity index is 1340. The number of halogens is 1. The number of rotatable bonds is 8. The highest BCUT2D eigenvalue weighted by Gasteiger charge is 2.41. The number of nitrogens with zero attached hydrogens (tertiary/aromatic N) is 3. The zero-order valence-electron chi connectivity index (χ0n) is 19.6. The number of aliphatic imine (C=N–C) groups is 2. The summed E-state index contributed by atoms with van der Waals surface area (Å²) in [4.78, 5) is 36.5. The number of fused-ring (bicyclic) bond motifs is 3. The molecule has 8 heteroatoms. The van der Waals surface area contributed by atoms with E-state index in [1.807, 2.05) is 65.6 Å². The molecule has 2 amide bonds. The molecule has 0 fully saturated rings. The lowest BCUT2D eigenvalue weighted by Crippen LogP contribution is -2.44. The van der Waals surface area contributed by atoms with Gasteiger partial charge in [0.05, 0.1) is 5.69 Å². The quantitative estimate of drug-likeness (QED) is 0.480. The van der Waals surface area contributed by atoms with E-state index in [9.17, 15) is 14.0 Å².